The summed E-state index contributed by atoms with van der Waals surface area (Å²) in [5.41, 5.74) is 1.72. The van der Waals surface area contributed by atoms with E-state index in [1.54, 1.807) is 12.5 Å². The molecule has 0 radical (unpaired) electrons. The number of hydrogen-bond acceptors (Lipinski definition) is 4. The molecule has 0 spiro atoms. The number of likely N-dealkylation sites (tertiary alicyclic amines) is 1. The number of carbonyl (C=O) groups is 1. The molecule has 0 amide bonds. The van der Waals surface area contributed by atoms with Gasteiger partial charge >= 0.3 is 18.9 Å². The van der Waals surface area contributed by atoms with E-state index in [2.05, 4.69) is 23.9 Å². The van der Waals surface area contributed by atoms with Gasteiger partial charge in [-0.3, -0.25) is 9.78 Å². The molecule has 1 aromatic carbocycles. The number of halogens is 1. The summed E-state index contributed by atoms with van der Waals surface area (Å²) in [7, 11) is 2.08. The second-order valence-electron chi connectivity index (χ2n) is 7.48. The van der Waals surface area contributed by atoms with Crippen molar-refractivity contribution in [1.29, 1.82) is 0 Å². The van der Waals surface area contributed by atoms with Crippen molar-refractivity contribution in [3.8, 4) is 0 Å². The largest absolute Gasteiger partial charge is 1.00 e. The van der Waals surface area contributed by atoms with Crippen LogP contribution in [0, 0.1) is 13.3 Å². The molecule has 1 aromatic heterocycles. The Labute approximate surface area is 209 Å². The van der Waals surface area contributed by atoms with E-state index < -0.39 is 0 Å². The van der Waals surface area contributed by atoms with Crippen molar-refractivity contribution in [2.24, 2.45) is 0 Å². The van der Waals surface area contributed by atoms with Crippen molar-refractivity contribution < 1.29 is 28.4 Å². The van der Waals surface area contributed by atoms with Gasteiger partial charge in [-0.1, -0.05) is 29.8 Å². The second kappa shape index (κ2) is 15.1. The van der Waals surface area contributed by atoms with E-state index in [4.69, 9.17) is 11.6 Å². The van der Waals surface area contributed by atoms with E-state index in [1.165, 1.54) is 18.9 Å². The fourth-order valence-electron chi connectivity index (χ4n) is 3.68. The van der Waals surface area contributed by atoms with Crippen LogP contribution in [0.15, 0.2) is 42.6 Å². The van der Waals surface area contributed by atoms with Gasteiger partial charge in [0, 0.05) is 11.4 Å². The zero-order chi connectivity index (χ0) is 22.6. The molecular formula is C25H31ClLiN3O2-2. The number of hydrogen-bond donors (Lipinski definition) is 0. The predicted octanol–water partition coefficient (Wildman–Crippen LogP) is 1.90. The Kier molecular flexibility index (Phi) is 13.4. The number of Topliss-reactive ketones (excluding diaryl/α,β-unsaturated/α-hetero) is 1. The van der Waals surface area contributed by atoms with Gasteiger partial charge in [0.15, 0.2) is 5.78 Å². The Morgan fingerprint density at radius 3 is 2.75 bits per heavy atom. The molecule has 7 heteroatoms. The minimum absolute atomic E-state index is 0. The van der Waals surface area contributed by atoms with Crippen molar-refractivity contribution in [3.63, 3.8) is 0 Å². The third-order valence-corrected chi connectivity index (χ3v) is 5.79. The van der Waals surface area contributed by atoms with Crippen LogP contribution in [0.1, 0.15) is 54.5 Å². The van der Waals surface area contributed by atoms with Crippen molar-refractivity contribution >= 4 is 23.7 Å². The predicted molar refractivity (Wildman–Crippen MR) is 126 cm³/mol. The van der Waals surface area contributed by atoms with Gasteiger partial charge in [-0.05, 0) is 69.1 Å². The number of aromatic nitrogens is 2. The molecular weight excluding hydrogens is 417 g/mol. The van der Waals surface area contributed by atoms with Crippen LogP contribution >= 0.6 is 11.6 Å². The summed E-state index contributed by atoms with van der Waals surface area (Å²) < 4.78 is 1.85. The van der Waals surface area contributed by atoms with E-state index in [1.807, 2.05) is 48.3 Å². The van der Waals surface area contributed by atoms with Crippen LogP contribution in [0.25, 0.3) is 0 Å². The van der Waals surface area contributed by atoms with E-state index in [-0.39, 0.29) is 24.6 Å². The third kappa shape index (κ3) is 8.29. The van der Waals surface area contributed by atoms with Crippen LogP contribution in [0.2, 0.25) is 5.02 Å². The Balaban J connectivity index is 0.000000393. The number of carbonyl (C=O) groups excluding carboxylic acids is 2. The normalized spacial score (nSPS) is 15.7. The molecule has 2 heterocycles. The number of imidazole rings is 1. The number of nitrogens with zero attached hydrogens (tertiary/aromatic N) is 3. The van der Waals surface area contributed by atoms with Crippen molar-refractivity contribution in [2.45, 2.75) is 51.6 Å². The Bertz CT molecular complexity index is 882. The van der Waals surface area contributed by atoms with Gasteiger partial charge in [0.1, 0.15) is 0 Å². The first-order chi connectivity index (χ1) is 15.0. The average molecular weight is 448 g/mol. The molecule has 0 aliphatic carbocycles. The summed E-state index contributed by atoms with van der Waals surface area (Å²) in [4.78, 5) is 28.6. The van der Waals surface area contributed by atoms with E-state index in [9.17, 15) is 9.59 Å². The Morgan fingerprint density at radius 1 is 1.41 bits per heavy atom. The van der Waals surface area contributed by atoms with Gasteiger partial charge in [0.2, 0.25) is 0 Å². The minimum Gasteiger partial charge on any atom is -0.419 e. The van der Waals surface area contributed by atoms with Crippen LogP contribution in [-0.4, -0.2) is 46.2 Å². The minimum atomic E-state index is 0. The van der Waals surface area contributed by atoms with Crippen LogP contribution in [0.3, 0.4) is 0 Å². The van der Waals surface area contributed by atoms with Gasteiger partial charge < -0.3 is 27.6 Å². The van der Waals surface area contributed by atoms with Gasteiger partial charge in [-0.15, -0.1) is 6.54 Å². The molecule has 1 aliphatic rings. The maximum Gasteiger partial charge on any atom is 1.00 e. The van der Waals surface area contributed by atoms with Gasteiger partial charge in [-0.25, -0.2) is 6.08 Å². The zero-order valence-corrected chi connectivity index (χ0v) is 20.1. The molecule has 2 aromatic rings. The van der Waals surface area contributed by atoms with E-state index >= 15 is 0 Å². The summed E-state index contributed by atoms with van der Waals surface area (Å²) >= 11 is 6.11. The number of ketones is 1. The standard InChI is InChI=1S/C17H19ClN2O.C8H12NO.Li/c1-3-17-19-12-15(20(17)4-2)16(21)11-7-9-13-8-5-6-10-14(13)18;1-9-6-2-4-8(9)5-3-7-10;/h3,5-6,8,10,12H,2,4,7,9,11H2,1H3;3,5,8H,2,4,6H2,1H3;/q-2;-1;+1/b;5-3+;/t;8-;/m.0./s1. The summed E-state index contributed by atoms with van der Waals surface area (Å²) in [6.45, 7) is 7.41. The van der Waals surface area contributed by atoms with Gasteiger partial charge in [0.05, 0.1) is 11.9 Å². The van der Waals surface area contributed by atoms with Crippen LogP contribution < -0.4 is 18.9 Å². The summed E-state index contributed by atoms with van der Waals surface area (Å²) in [5, 5.41) is 0.760. The van der Waals surface area contributed by atoms with Crippen LogP contribution in [0.5, 0.6) is 0 Å². The second-order valence-corrected chi connectivity index (χ2v) is 7.88. The first-order valence-corrected chi connectivity index (χ1v) is 11.0. The molecule has 1 aliphatic heterocycles. The summed E-state index contributed by atoms with van der Waals surface area (Å²) in [5.74, 6) is 0.894. The Morgan fingerprint density at radius 2 is 2.16 bits per heavy atom. The number of benzene rings is 1. The smallest absolute Gasteiger partial charge is 0.419 e. The maximum absolute atomic E-state index is 12.3. The molecule has 0 unspecified atom stereocenters. The number of rotatable bonds is 9. The van der Waals surface area contributed by atoms with Crippen molar-refractivity contribution in [3.05, 3.63) is 78.1 Å². The molecule has 0 saturated carbocycles. The molecule has 1 saturated heterocycles. The van der Waals surface area contributed by atoms with Crippen LogP contribution in [-0.2, 0) is 17.8 Å². The number of allylic oxidation sites excluding steroid dienone is 1. The molecule has 0 N–H and O–H groups in total. The quantitative estimate of drug-likeness (QED) is 0.255. The molecule has 32 heavy (non-hydrogen) atoms. The van der Waals surface area contributed by atoms with Gasteiger partial charge in [-0.2, -0.15) is 13.0 Å². The first-order valence-electron chi connectivity index (χ1n) is 10.7. The number of likely N-dealkylation sites (N-methyl/N-ethyl adjacent to an activating group) is 1. The van der Waals surface area contributed by atoms with Crippen molar-refractivity contribution in [1.82, 2.24) is 14.5 Å². The monoisotopic (exact) mass is 447 g/mol. The SMILES string of the molecule is CN1CCC[C@H]1/C=C/[C-]=O.[CH2-]Cn1c(C(=O)CCCc2ccccc2Cl)cnc1[CH-]C.[Li+]. The summed E-state index contributed by atoms with van der Waals surface area (Å²) in [6.07, 6.45) is 13.1. The van der Waals surface area contributed by atoms with E-state index in [0.717, 1.165) is 35.8 Å². The van der Waals surface area contributed by atoms with Crippen molar-refractivity contribution in [2.75, 3.05) is 13.6 Å². The Hall–Kier alpha value is -1.77. The summed E-state index contributed by atoms with van der Waals surface area (Å²) in [6, 6.07) is 8.22. The van der Waals surface area contributed by atoms with E-state index in [0.29, 0.717) is 24.7 Å². The molecule has 168 valence electrons. The molecule has 0 bridgehead atoms. The third-order valence-electron chi connectivity index (χ3n) is 5.43. The zero-order valence-electron chi connectivity index (χ0n) is 19.4. The number of aryl methyl sites for hydroxylation is 1. The molecule has 3 rings (SSSR count). The maximum atomic E-state index is 12.3. The molecule has 5 nitrogen and oxygen atoms in total. The van der Waals surface area contributed by atoms with Gasteiger partial charge in [0.25, 0.3) is 0 Å². The average Bonchev–Trinajstić information content (AvgIpc) is 3.39. The fraction of sp³-hybridized carbons (Fsp3) is 0.400. The molecule has 1 atom stereocenters. The first kappa shape index (κ1) is 28.3. The molecule has 1 fully saturated rings. The van der Waals surface area contributed by atoms with Crippen LogP contribution in [0.4, 0.5) is 0 Å². The fourth-order valence-corrected chi connectivity index (χ4v) is 3.91. The topological polar surface area (TPSA) is 55.2 Å².